The lowest BCUT2D eigenvalue weighted by atomic mass is 9.98. The van der Waals surface area contributed by atoms with E-state index in [0.29, 0.717) is 25.9 Å². The van der Waals surface area contributed by atoms with E-state index in [9.17, 15) is 18.0 Å². The molecule has 3 heterocycles. The SMILES string of the molecule is O=C(NCc1cccs1)N1CCCC(c2nnc(C(F)(F)F)o2)C1. The zero-order chi connectivity index (χ0) is 17.2. The van der Waals surface area contributed by atoms with Crippen LogP contribution in [0.3, 0.4) is 0 Å². The van der Waals surface area contributed by atoms with Crippen LogP contribution in [0.25, 0.3) is 0 Å². The summed E-state index contributed by atoms with van der Waals surface area (Å²) in [5, 5.41) is 11.3. The molecular formula is C14H15F3N4O2S. The number of alkyl halides is 3. The first-order valence-electron chi connectivity index (χ1n) is 7.39. The summed E-state index contributed by atoms with van der Waals surface area (Å²) in [5.41, 5.74) is 0. The normalized spacial score (nSPS) is 18.6. The van der Waals surface area contributed by atoms with Crippen LogP contribution in [0.2, 0.25) is 0 Å². The van der Waals surface area contributed by atoms with Crippen molar-refractivity contribution in [2.75, 3.05) is 13.1 Å². The Balaban J connectivity index is 1.59. The lowest BCUT2D eigenvalue weighted by molar-refractivity contribution is -0.157. The van der Waals surface area contributed by atoms with E-state index in [0.717, 1.165) is 4.88 Å². The van der Waals surface area contributed by atoms with Gasteiger partial charge in [-0.05, 0) is 24.3 Å². The number of nitrogens with zero attached hydrogens (tertiary/aromatic N) is 3. The number of amides is 2. The quantitative estimate of drug-likeness (QED) is 0.912. The van der Waals surface area contributed by atoms with Crippen LogP contribution in [0, 0.1) is 0 Å². The van der Waals surface area contributed by atoms with Crippen molar-refractivity contribution in [3.63, 3.8) is 0 Å². The van der Waals surface area contributed by atoms with Gasteiger partial charge in [0.25, 0.3) is 0 Å². The van der Waals surface area contributed by atoms with Crippen molar-refractivity contribution in [1.82, 2.24) is 20.4 Å². The molecule has 10 heteroatoms. The minimum absolute atomic E-state index is 0.0712. The Morgan fingerprint density at radius 1 is 1.46 bits per heavy atom. The van der Waals surface area contributed by atoms with Gasteiger partial charge in [0.05, 0.1) is 12.5 Å². The molecule has 0 aliphatic carbocycles. The summed E-state index contributed by atoms with van der Waals surface area (Å²) in [4.78, 5) is 14.8. The first-order chi connectivity index (χ1) is 11.4. The average molecular weight is 360 g/mol. The fourth-order valence-corrected chi connectivity index (χ4v) is 3.21. The van der Waals surface area contributed by atoms with E-state index in [1.165, 1.54) is 0 Å². The molecule has 0 saturated carbocycles. The Bertz CT molecular complexity index is 687. The van der Waals surface area contributed by atoms with Crippen LogP contribution in [-0.4, -0.2) is 34.2 Å². The number of carbonyl (C=O) groups is 1. The van der Waals surface area contributed by atoms with E-state index >= 15 is 0 Å². The molecule has 1 aliphatic heterocycles. The molecule has 0 radical (unpaired) electrons. The minimum Gasteiger partial charge on any atom is -0.417 e. The van der Waals surface area contributed by atoms with Crippen molar-refractivity contribution in [3.05, 3.63) is 34.2 Å². The van der Waals surface area contributed by atoms with Gasteiger partial charge >= 0.3 is 18.1 Å². The molecule has 0 spiro atoms. The van der Waals surface area contributed by atoms with Gasteiger partial charge in [-0.25, -0.2) is 4.79 Å². The Morgan fingerprint density at radius 3 is 2.96 bits per heavy atom. The van der Waals surface area contributed by atoms with E-state index in [1.807, 2.05) is 17.5 Å². The van der Waals surface area contributed by atoms with Crippen LogP contribution in [-0.2, 0) is 12.7 Å². The Hall–Kier alpha value is -2.10. The number of thiophene rings is 1. The first-order valence-corrected chi connectivity index (χ1v) is 8.27. The molecule has 3 rings (SSSR count). The fourth-order valence-electron chi connectivity index (χ4n) is 2.56. The van der Waals surface area contributed by atoms with E-state index in [2.05, 4.69) is 15.5 Å². The highest BCUT2D eigenvalue weighted by Gasteiger charge is 2.39. The molecule has 1 aliphatic rings. The Morgan fingerprint density at radius 2 is 2.29 bits per heavy atom. The van der Waals surface area contributed by atoms with Crippen LogP contribution < -0.4 is 5.32 Å². The summed E-state index contributed by atoms with van der Waals surface area (Å²) in [5.74, 6) is -1.80. The molecular weight excluding hydrogens is 345 g/mol. The highest BCUT2D eigenvalue weighted by molar-refractivity contribution is 7.09. The lowest BCUT2D eigenvalue weighted by Gasteiger charge is -2.31. The van der Waals surface area contributed by atoms with Gasteiger partial charge in [-0.15, -0.1) is 21.5 Å². The van der Waals surface area contributed by atoms with Crippen molar-refractivity contribution >= 4 is 17.4 Å². The number of hydrogen-bond donors (Lipinski definition) is 1. The number of rotatable bonds is 3. The van der Waals surface area contributed by atoms with Gasteiger partial charge < -0.3 is 14.6 Å². The standard InChI is InChI=1S/C14H15F3N4O2S/c15-14(16,17)12-20-19-11(23-12)9-3-1-5-21(8-9)13(22)18-7-10-4-2-6-24-10/h2,4,6,9H,1,3,5,7-8H2,(H,18,22). The van der Waals surface area contributed by atoms with Gasteiger partial charge in [-0.1, -0.05) is 6.07 Å². The Labute approximate surface area is 139 Å². The van der Waals surface area contributed by atoms with Gasteiger partial charge in [0.1, 0.15) is 0 Å². The molecule has 1 fully saturated rings. The van der Waals surface area contributed by atoms with E-state index in [1.54, 1.807) is 16.2 Å². The maximum Gasteiger partial charge on any atom is 0.470 e. The van der Waals surface area contributed by atoms with Crippen molar-refractivity contribution < 1.29 is 22.4 Å². The van der Waals surface area contributed by atoms with Crippen molar-refractivity contribution in [1.29, 1.82) is 0 Å². The highest BCUT2D eigenvalue weighted by atomic mass is 32.1. The number of nitrogens with one attached hydrogen (secondary N) is 1. The lowest BCUT2D eigenvalue weighted by Crippen LogP contribution is -2.44. The largest absolute Gasteiger partial charge is 0.470 e. The van der Waals surface area contributed by atoms with E-state index in [4.69, 9.17) is 4.42 Å². The number of piperidine rings is 1. The van der Waals surface area contributed by atoms with Crippen LogP contribution in [0.1, 0.15) is 35.4 Å². The van der Waals surface area contributed by atoms with Crippen LogP contribution in [0.15, 0.2) is 21.9 Å². The van der Waals surface area contributed by atoms with Crippen molar-refractivity contribution in [2.45, 2.75) is 31.5 Å². The summed E-state index contributed by atoms with van der Waals surface area (Å²) < 4.78 is 42.3. The monoisotopic (exact) mass is 360 g/mol. The molecule has 130 valence electrons. The van der Waals surface area contributed by atoms with Gasteiger partial charge in [0.2, 0.25) is 5.89 Å². The van der Waals surface area contributed by atoms with Gasteiger partial charge in [0, 0.05) is 18.0 Å². The second kappa shape index (κ2) is 6.80. The zero-order valence-electron chi connectivity index (χ0n) is 12.5. The zero-order valence-corrected chi connectivity index (χ0v) is 13.4. The molecule has 1 N–H and O–H groups in total. The second-order valence-electron chi connectivity index (χ2n) is 5.47. The predicted molar refractivity (Wildman–Crippen MR) is 79.4 cm³/mol. The fraction of sp³-hybridized carbons (Fsp3) is 0.500. The van der Waals surface area contributed by atoms with Crippen LogP contribution in [0.4, 0.5) is 18.0 Å². The second-order valence-corrected chi connectivity index (χ2v) is 6.50. The molecule has 24 heavy (non-hydrogen) atoms. The number of likely N-dealkylation sites (tertiary alicyclic amines) is 1. The van der Waals surface area contributed by atoms with Gasteiger partial charge in [-0.3, -0.25) is 0 Å². The van der Waals surface area contributed by atoms with Crippen molar-refractivity contribution in [3.8, 4) is 0 Å². The summed E-state index contributed by atoms with van der Waals surface area (Å²) >= 11 is 1.54. The minimum atomic E-state index is -4.66. The molecule has 1 saturated heterocycles. The number of hydrogen-bond acceptors (Lipinski definition) is 5. The molecule has 2 aromatic heterocycles. The number of carbonyl (C=O) groups excluding carboxylic acids is 1. The molecule has 2 amide bonds. The van der Waals surface area contributed by atoms with Gasteiger partial charge in [-0.2, -0.15) is 13.2 Å². The number of aromatic nitrogens is 2. The summed E-state index contributed by atoms with van der Waals surface area (Å²) in [6.45, 7) is 1.24. The van der Waals surface area contributed by atoms with Gasteiger partial charge in [0.15, 0.2) is 0 Å². The third-order valence-electron chi connectivity index (χ3n) is 3.73. The van der Waals surface area contributed by atoms with E-state index < -0.39 is 12.1 Å². The number of urea groups is 1. The molecule has 1 unspecified atom stereocenters. The molecule has 0 aromatic carbocycles. The maximum atomic E-state index is 12.5. The van der Waals surface area contributed by atoms with Crippen LogP contribution >= 0.6 is 11.3 Å². The summed E-state index contributed by atoms with van der Waals surface area (Å²) in [6.07, 6.45) is -3.38. The predicted octanol–water partition coefficient (Wildman–Crippen LogP) is 3.24. The molecule has 1 atom stereocenters. The molecule has 2 aromatic rings. The summed E-state index contributed by atoms with van der Waals surface area (Å²) in [7, 11) is 0. The van der Waals surface area contributed by atoms with E-state index in [-0.39, 0.29) is 24.4 Å². The summed E-state index contributed by atoms with van der Waals surface area (Å²) in [6, 6.07) is 3.57. The third-order valence-corrected chi connectivity index (χ3v) is 4.61. The topological polar surface area (TPSA) is 71.3 Å². The molecule has 6 nitrogen and oxygen atoms in total. The molecule has 0 bridgehead atoms. The smallest absolute Gasteiger partial charge is 0.417 e. The maximum absolute atomic E-state index is 12.5. The first kappa shape index (κ1) is 16.7. The third kappa shape index (κ3) is 3.86. The Kier molecular flexibility index (Phi) is 4.74. The average Bonchev–Trinajstić information content (AvgIpc) is 3.23. The highest BCUT2D eigenvalue weighted by Crippen LogP contribution is 2.32. The van der Waals surface area contributed by atoms with Crippen molar-refractivity contribution in [2.24, 2.45) is 0 Å². The number of halogens is 3. The van der Waals surface area contributed by atoms with Crippen LogP contribution in [0.5, 0.6) is 0 Å².